The van der Waals surface area contributed by atoms with Gasteiger partial charge in [0.2, 0.25) is 0 Å². The van der Waals surface area contributed by atoms with Crippen molar-refractivity contribution in [2.45, 2.75) is 0 Å². The van der Waals surface area contributed by atoms with Crippen LogP contribution in [0.15, 0.2) is 0 Å². The van der Waals surface area contributed by atoms with Gasteiger partial charge in [0.1, 0.15) is 0 Å². The Morgan fingerprint density at radius 2 is 1.00 bits per heavy atom. The Kier molecular flexibility index (Phi) is 102. The van der Waals surface area contributed by atoms with Crippen molar-refractivity contribution in [2.75, 3.05) is 0 Å². The second-order valence-electron chi connectivity index (χ2n) is 0. The minimum Gasteiger partial charge on any atom is 0 e. The molecule has 0 heterocycles. The van der Waals surface area contributed by atoms with Crippen molar-refractivity contribution in [3.8, 4) is 0 Å². The molecule has 0 aliphatic heterocycles. The molecule has 0 fully saturated rings. The minimum absolute atomic E-state index is 0. The Morgan fingerprint density at radius 3 is 1.00 bits per heavy atom. The zero-order valence-electron chi connectivity index (χ0n) is 1.36. The summed E-state index contributed by atoms with van der Waals surface area (Å²) in [4.78, 5) is 0. The maximum atomic E-state index is 0. The predicted molar refractivity (Wildman–Crippen MR) is 0 cm³/mol. The van der Waals surface area contributed by atoms with Crippen LogP contribution in [0.2, 0.25) is 0 Å². The molecule has 0 saturated heterocycles. The Hall–Kier alpha value is 3.62. The monoisotopic (exact) mass is 437 g/mol. The summed E-state index contributed by atoms with van der Waals surface area (Å²) < 4.78 is 0. The average Bonchev–Trinajstić information content (AvgIpc) is 0. The van der Waals surface area contributed by atoms with Crippen LogP contribution in [-0.2, 0) is 33.8 Å². The summed E-state index contributed by atoms with van der Waals surface area (Å²) in [5.41, 5.74) is 0. The van der Waals surface area contributed by atoms with Crippen LogP contribution in [0.3, 0.4) is 0 Å². The zero-order chi connectivity index (χ0) is 0. The predicted octanol–water partition coefficient (Wildman–Crippen LogP) is -0.00500. The molecule has 0 bridgehead atoms. The third-order valence-corrected chi connectivity index (χ3v) is 0. The number of hydrogen-bond acceptors (Lipinski definition) is 0. The van der Waals surface area contributed by atoms with E-state index in [1.807, 2.05) is 0 Å². The molecule has 0 saturated carbocycles. The molecule has 0 aliphatic rings. The molecule has 0 rings (SSSR count). The fourth-order valence-corrected chi connectivity index (χ4v) is 0. The molecular formula is CoDyFeGd. The molecule has 0 unspecified atom stereocenters. The second-order valence-corrected chi connectivity index (χ2v) is 0. The maximum Gasteiger partial charge on any atom is 0 e. The van der Waals surface area contributed by atoms with Gasteiger partial charge in [-0.15, -0.1) is 0 Å². The summed E-state index contributed by atoms with van der Waals surface area (Å²) in [6, 6.07) is 0. The molecular weight excluding hydrogens is 435 g/mol. The van der Waals surface area contributed by atoms with Crippen molar-refractivity contribution in [1.82, 2.24) is 0 Å². The van der Waals surface area contributed by atoms with Crippen molar-refractivity contribution in [2.24, 2.45) is 0 Å². The summed E-state index contributed by atoms with van der Waals surface area (Å²) in [5.74, 6) is 0. The van der Waals surface area contributed by atoms with E-state index >= 15 is 0 Å². The van der Waals surface area contributed by atoms with E-state index < -0.39 is 0 Å². The first kappa shape index (κ1) is 25.5. The molecule has 0 aromatic carbocycles. The minimum atomic E-state index is 0. The SMILES string of the molecule is [Co].[Dy].[Fe].[Gd]. The molecule has 0 aromatic heterocycles. The van der Waals surface area contributed by atoms with Gasteiger partial charge in [-0.2, -0.15) is 0 Å². The molecule has 0 amide bonds. The Labute approximate surface area is 109 Å². The number of rotatable bonds is 0. The van der Waals surface area contributed by atoms with Crippen LogP contribution in [0.25, 0.3) is 0 Å². The average molecular weight is 435 g/mol. The molecule has 0 nitrogen and oxygen atoms in total. The quantitative estimate of drug-likeness (QED) is 0.471. The van der Waals surface area contributed by atoms with Crippen LogP contribution < -0.4 is 0 Å². The van der Waals surface area contributed by atoms with Gasteiger partial charge in [0.05, 0.1) is 0 Å². The molecule has 1 radical (unpaired) electrons. The zero-order valence-corrected chi connectivity index (χ0v) is 7.80. The smallest absolute Gasteiger partial charge is 0 e. The van der Waals surface area contributed by atoms with Crippen molar-refractivity contribution < 1.29 is 112 Å². The first-order chi connectivity index (χ1) is 0. The van der Waals surface area contributed by atoms with E-state index in [0.717, 1.165) is 0 Å². The topological polar surface area (TPSA) is 0 Å². The van der Waals surface area contributed by atoms with Crippen molar-refractivity contribution in [3.63, 3.8) is 0 Å². The van der Waals surface area contributed by atoms with Crippen LogP contribution in [-0.4, -0.2) is 0 Å². The fourth-order valence-electron chi connectivity index (χ4n) is 0. The van der Waals surface area contributed by atoms with Crippen LogP contribution in [0.5, 0.6) is 0 Å². The van der Waals surface area contributed by atoms with E-state index in [1.165, 1.54) is 0 Å². The van der Waals surface area contributed by atoms with Crippen LogP contribution >= 0.6 is 0 Å². The van der Waals surface area contributed by atoms with Gasteiger partial charge in [-0.05, 0) is 0 Å². The summed E-state index contributed by atoms with van der Waals surface area (Å²) >= 11 is 0. The molecule has 0 N–H and O–H groups in total. The van der Waals surface area contributed by atoms with Gasteiger partial charge in [0.15, 0.2) is 0 Å². The van der Waals surface area contributed by atoms with E-state index in [-0.39, 0.29) is 112 Å². The van der Waals surface area contributed by atoms with Crippen molar-refractivity contribution >= 4 is 0 Å². The van der Waals surface area contributed by atoms with Crippen LogP contribution in [0, 0.1) is 78.1 Å². The standard InChI is InChI=1S/Co.Dy.Fe.Gd. The van der Waals surface area contributed by atoms with Gasteiger partial charge in [-0.1, -0.05) is 0 Å². The van der Waals surface area contributed by atoms with E-state index in [0.29, 0.717) is 0 Å². The summed E-state index contributed by atoms with van der Waals surface area (Å²) in [6.45, 7) is 0. The van der Waals surface area contributed by atoms with Gasteiger partial charge in [-0.3, -0.25) is 0 Å². The van der Waals surface area contributed by atoms with Gasteiger partial charge in [-0.25, -0.2) is 0 Å². The largest absolute Gasteiger partial charge is 0 e. The third-order valence-electron chi connectivity index (χ3n) is 0. The normalized spacial score (nSPS) is 0. The molecule has 35 valence electrons. The van der Waals surface area contributed by atoms with Gasteiger partial charge < -0.3 is 0 Å². The third kappa shape index (κ3) is 9.16. The maximum absolute atomic E-state index is 0. The van der Waals surface area contributed by atoms with E-state index in [9.17, 15) is 0 Å². The first-order valence-corrected chi connectivity index (χ1v) is 0. The molecule has 0 aliphatic carbocycles. The van der Waals surface area contributed by atoms with E-state index in [2.05, 4.69) is 0 Å². The Balaban J connectivity index is 0. The number of hydrogen-bond donors (Lipinski definition) is 0. The summed E-state index contributed by atoms with van der Waals surface area (Å²) in [6.07, 6.45) is 0. The molecule has 4 heteroatoms. The van der Waals surface area contributed by atoms with Gasteiger partial charge in [0.25, 0.3) is 0 Å². The van der Waals surface area contributed by atoms with Crippen molar-refractivity contribution in [1.29, 1.82) is 0 Å². The first-order valence-electron chi connectivity index (χ1n) is 0. The van der Waals surface area contributed by atoms with Crippen LogP contribution in [0.4, 0.5) is 0 Å². The van der Waals surface area contributed by atoms with E-state index in [1.54, 1.807) is 0 Å². The fraction of sp³-hybridized carbons (Fsp3) is 0. The van der Waals surface area contributed by atoms with Crippen molar-refractivity contribution in [3.05, 3.63) is 0 Å². The molecule has 0 atom stereocenters. The second kappa shape index (κ2) is 16.0. The van der Waals surface area contributed by atoms with E-state index in [4.69, 9.17) is 0 Å². The summed E-state index contributed by atoms with van der Waals surface area (Å²) in [5, 5.41) is 0. The molecule has 4 heavy (non-hydrogen) atoms. The van der Waals surface area contributed by atoms with Gasteiger partial charge >= 0.3 is 0 Å². The van der Waals surface area contributed by atoms with Gasteiger partial charge in [0, 0.05) is 112 Å². The summed E-state index contributed by atoms with van der Waals surface area (Å²) in [7, 11) is 0. The molecule has 0 aromatic rings. The Bertz CT molecular complexity index is 8.00. The molecule has 0 spiro atoms. The Morgan fingerprint density at radius 1 is 1.00 bits per heavy atom. The van der Waals surface area contributed by atoms with Crippen LogP contribution in [0.1, 0.15) is 0 Å².